The van der Waals surface area contributed by atoms with E-state index in [1.54, 1.807) is 27.8 Å². The lowest BCUT2D eigenvalue weighted by atomic mass is 9.81. The first-order valence-electron chi connectivity index (χ1n) is 9.11. The number of nitrogens with two attached hydrogens (primary N) is 2. The Kier molecular flexibility index (Phi) is 4.66. The van der Waals surface area contributed by atoms with Gasteiger partial charge in [-0.1, -0.05) is 0 Å². The summed E-state index contributed by atoms with van der Waals surface area (Å²) in [5.74, 6) is -0.288. The molecule has 1 unspecified atom stereocenters. The summed E-state index contributed by atoms with van der Waals surface area (Å²) >= 11 is 0. The Morgan fingerprint density at radius 2 is 2.00 bits per heavy atom. The second kappa shape index (κ2) is 7.01. The second-order valence-electron chi connectivity index (χ2n) is 7.19. The number of aliphatic imine (C=N–C) groups is 1. The van der Waals surface area contributed by atoms with E-state index in [4.69, 9.17) is 11.5 Å². The van der Waals surface area contributed by atoms with Crippen LogP contribution in [-0.4, -0.2) is 46.2 Å². The molecule has 0 saturated carbocycles. The summed E-state index contributed by atoms with van der Waals surface area (Å²) in [4.78, 5) is 10.8. The molecule has 0 amide bonds. The van der Waals surface area contributed by atoms with Crippen LogP contribution in [-0.2, 0) is 5.66 Å². The van der Waals surface area contributed by atoms with Crippen molar-refractivity contribution in [3.8, 4) is 0 Å². The molecule has 150 valence electrons. The van der Waals surface area contributed by atoms with Gasteiger partial charge in [0.15, 0.2) is 5.66 Å². The number of likely N-dealkylation sites (tertiary alicyclic amines) is 1. The highest BCUT2D eigenvalue weighted by Gasteiger charge is 2.45. The van der Waals surface area contributed by atoms with Crippen molar-refractivity contribution in [3.63, 3.8) is 0 Å². The zero-order valence-corrected chi connectivity index (χ0v) is 15.2. The Morgan fingerprint density at radius 3 is 2.68 bits per heavy atom. The molecule has 2 aliphatic rings. The first-order valence-corrected chi connectivity index (χ1v) is 9.11. The predicted molar refractivity (Wildman–Crippen MR) is 99.0 cm³/mol. The van der Waals surface area contributed by atoms with Gasteiger partial charge in [-0.3, -0.25) is 9.30 Å². The number of piperidine rings is 1. The minimum absolute atomic E-state index is 0.0625. The molecule has 0 bridgehead atoms. The van der Waals surface area contributed by atoms with Crippen LogP contribution < -0.4 is 16.8 Å². The van der Waals surface area contributed by atoms with Crippen molar-refractivity contribution in [2.45, 2.75) is 24.9 Å². The van der Waals surface area contributed by atoms with Gasteiger partial charge in [0.25, 0.3) is 6.43 Å². The topological polar surface area (TPSA) is 97.0 Å². The standard InChI is InChI=1S/C18H22F3N7/c19-12-1-2-16-24-8-14(28(16)9-12)18(25-7-13(22)17(23)26-18)11-3-5-27(6-4-11)10-15(20)21/h1-2,7-9,11,15,25H,3-6,10,22H2,(H2,23,26). The lowest BCUT2D eigenvalue weighted by Gasteiger charge is -2.43. The summed E-state index contributed by atoms with van der Waals surface area (Å²) in [6.45, 7) is 0.780. The van der Waals surface area contributed by atoms with E-state index in [9.17, 15) is 13.2 Å². The molecule has 1 atom stereocenters. The zero-order valence-electron chi connectivity index (χ0n) is 15.2. The van der Waals surface area contributed by atoms with Crippen LogP contribution in [0, 0.1) is 11.7 Å². The van der Waals surface area contributed by atoms with Crippen molar-refractivity contribution in [1.29, 1.82) is 0 Å². The van der Waals surface area contributed by atoms with Crippen LogP contribution in [0.15, 0.2) is 41.4 Å². The lowest BCUT2D eigenvalue weighted by Crippen LogP contribution is -2.53. The van der Waals surface area contributed by atoms with Gasteiger partial charge in [0, 0.05) is 18.3 Å². The van der Waals surface area contributed by atoms with Crippen molar-refractivity contribution in [2.24, 2.45) is 22.4 Å². The van der Waals surface area contributed by atoms with Crippen LogP contribution in [0.3, 0.4) is 0 Å². The second-order valence-corrected chi connectivity index (χ2v) is 7.19. The summed E-state index contributed by atoms with van der Waals surface area (Å²) in [6, 6.07) is 2.92. The van der Waals surface area contributed by atoms with Crippen LogP contribution in [0.25, 0.3) is 5.65 Å². The zero-order chi connectivity index (χ0) is 19.9. The number of alkyl halides is 2. The number of pyridine rings is 1. The molecule has 5 N–H and O–H groups in total. The highest BCUT2D eigenvalue weighted by Crippen LogP contribution is 2.39. The monoisotopic (exact) mass is 393 g/mol. The maximum Gasteiger partial charge on any atom is 0.251 e. The van der Waals surface area contributed by atoms with E-state index in [1.165, 1.54) is 12.3 Å². The van der Waals surface area contributed by atoms with Crippen molar-refractivity contribution < 1.29 is 13.2 Å². The minimum atomic E-state index is -2.36. The Morgan fingerprint density at radius 1 is 1.25 bits per heavy atom. The average Bonchev–Trinajstić information content (AvgIpc) is 3.08. The van der Waals surface area contributed by atoms with Gasteiger partial charge in [0.1, 0.15) is 17.3 Å². The van der Waals surface area contributed by atoms with E-state index in [0.29, 0.717) is 43.0 Å². The number of hydrogen-bond donors (Lipinski definition) is 3. The molecular weight excluding hydrogens is 371 g/mol. The number of rotatable bonds is 4. The lowest BCUT2D eigenvalue weighted by molar-refractivity contribution is 0.0518. The van der Waals surface area contributed by atoms with E-state index in [1.807, 2.05) is 0 Å². The maximum absolute atomic E-state index is 13.9. The SMILES string of the molecule is NC1=CNC(c2cnc3ccc(F)cn23)(C2CCN(CC(F)F)CC2)N=C1N. The highest BCUT2D eigenvalue weighted by molar-refractivity contribution is 5.96. The van der Waals surface area contributed by atoms with E-state index in [0.717, 1.165) is 0 Å². The number of halogens is 3. The van der Waals surface area contributed by atoms with Crippen molar-refractivity contribution >= 4 is 11.5 Å². The fourth-order valence-corrected chi connectivity index (χ4v) is 4.06. The van der Waals surface area contributed by atoms with Gasteiger partial charge in [-0.05, 0) is 38.1 Å². The molecule has 0 aromatic carbocycles. The van der Waals surface area contributed by atoms with E-state index >= 15 is 0 Å². The largest absolute Gasteiger partial charge is 0.395 e. The van der Waals surface area contributed by atoms with E-state index in [2.05, 4.69) is 15.3 Å². The summed E-state index contributed by atoms with van der Waals surface area (Å²) < 4.78 is 41.0. The molecule has 1 saturated heterocycles. The van der Waals surface area contributed by atoms with E-state index < -0.39 is 17.9 Å². The number of nitrogens with zero attached hydrogens (tertiary/aromatic N) is 4. The van der Waals surface area contributed by atoms with E-state index in [-0.39, 0.29) is 18.3 Å². The third kappa shape index (κ3) is 3.17. The normalized spacial score (nSPS) is 24.3. The molecule has 2 aromatic rings. The summed E-state index contributed by atoms with van der Waals surface area (Å²) in [6.07, 6.45) is 3.45. The number of nitrogens with one attached hydrogen (secondary N) is 1. The fourth-order valence-electron chi connectivity index (χ4n) is 4.06. The number of amidine groups is 1. The number of aromatic nitrogens is 2. The van der Waals surface area contributed by atoms with Crippen LogP contribution in [0.5, 0.6) is 0 Å². The fraction of sp³-hybridized carbons (Fsp3) is 0.444. The van der Waals surface area contributed by atoms with Crippen LogP contribution >= 0.6 is 0 Å². The average molecular weight is 393 g/mol. The molecule has 4 rings (SSSR count). The molecule has 10 heteroatoms. The number of imidazole rings is 1. The van der Waals surface area contributed by atoms with Crippen LogP contribution in [0.4, 0.5) is 13.2 Å². The predicted octanol–water partition coefficient (Wildman–Crippen LogP) is 1.36. The third-order valence-corrected chi connectivity index (χ3v) is 5.47. The van der Waals surface area contributed by atoms with Gasteiger partial charge < -0.3 is 16.8 Å². The molecule has 0 spiro atoms. The quantitative estimate of drug-likeness (QED) is 0.729. The van der Waals surface area contributed by atoms with Gasteiger partial charge >= 0.3 is 0 Å². The summed E-state index contributed by atoms with van der Waals surface area (Å²) in [7, 11) is 0. The Bertz CT molecular complexity index is 930. The molecule has 2 aromatic heterocycles. The molecule has 28 heavy (non-hydrogen) atoms. The number of fused-ring (bicyclic) bond motifs is 1. The van der Waals surface area contributed by atoms with Crippen LogP contribution in [0.1, 0.15) is 18.5 Å². The summed E-state index contributed by atoms with van der Waals surface area (Å²) in [5, 5.41) is 3.25. The molecule has 1 fully saturated rings. The first kappa shape index (κ1) is 18.6. The van der Waals surface area contributed by atoms with Crippen molar-refractivity contribution in [3.05, 3.63) is 47.9 Å². The minimum Gasteiger partial charge on any atom is -0.395 e. The highest BCUT2D eigenvalue weighted by atomic mass is 19.3. The van der Waals surface area contributed by atoms with Gasteiger partial charge in [-0.15, -0.1) is 0 Å². The molecule has 4 heterocycles. The van der Waals surface area contributed by atoms with Gasteiger partial charge in [-0.2, -0.15) is 0 Å². The molecule has 2 aliphatic heterocycles. The third-order valence-electron chi connectivity index (χ3n) is 5.47. The first-order chi connectivity index (χ1) is 13.4. The van der Waals surface area contributed by atoms with Gasteiger partial charge in [0.2, 0.25) is 0 Å². The Labute approximate surface area is 159 Å². The van der Waals surface area contributed by atoms with Crippen molar-refractivity contribution in [1.82, 2.24) is 19.6 Å². The number of hydrogen-bond acceptors (Lipinski definition) is 6. The summed E-state index contributed by atoms with van der Waals surface area (Å²) in [5.41, 5.74) is 12.4. The molecule has 0 radical (unpaired) electrons. The molecule has 7 nitrogen and oxygen atoms in total. The van der Waals surface area contributed by atoms with Gasteiger partial charge in [-0.25, -0.2) is 23.1 Å². The van der Waals surface area contributed by atoms with Crippen LogP contribution in [0.2, 0.25) is 0 Å². The van der Waals surface area contributed by atoms with Gasteiger partial charge in [0.05, 0.1) is 24.1 Å². The maximum atomic E-state index is 13.9. The smallest absolute Gasteiger partial charge is 0.251 e. The van der Waals surface area contributed by atoms with Crippen molar-refractivity contribution in [2.75, 3.05) is 19.6 Å². The Hall–Kier alpha value is -2.75. The Balaban J connectivity index is 1.74. The molecule has 0 aliphatic carbocycles. The molecular formula is C18H22F3N7.